The van der Waals surface area contributed by atoms with Crippen LogP contribution in [0.2, 0.25) is 0 Å². The summed E-state index contributed by atoms with van der Waals surface area (Å²) < 4.78 is 0. The van der Waals surface area contributed by atoms with Crippen LogP contribution in [0.5, 0.6) is 0 Å². The summed E-state index contributed by atoms with van der Waals surface area (Å²) in [6.07, 6.45) is 15.5. The summed E-state index contributed by atoms with van der Waals surface area (Å²) >= 11 is 14.1. The molecule has 0 saturated carbocycles. The van der Waals surface area contributed by atoms with Gasteiger partial charge >= 0.3 is 149 Å². The topological polar surface area (TPSA) is 0 Å². The van der Waals surface area contributed by atoms with Gasteiger partial charge in [0.1, 0.15) is 0 Å². The molecule has 0 atom stereocenters. The van der Waals surface area contributed by atoms with Crippen molar-refractivity contribution in [2.24, 2.45) is 0 Å². The first-order valence-corrected chi connectivity index (χ1v) is 14.6. The van der Waals surface area contributed by atoms with E-state index >= 15 is 0 Å². The van der Waals surface area contributed by atoms with E-state index in [1.54, 1.807) is 0 Å². The molecular weight excluding hydrogens is 418 g/mol. The van der Waals surface area contributed by atoms with Gasteiger partial charge in [0.15, 0.2) is 0 Å². The molecule has 0 aliphatic carbocycles. The van der Waals surface area contributed by atoms with Crippen molar-refractivity contribution >= 4 is 48.3 Å². The predicted octanol–water partition coefficient (Wildman–Crippen LogP) is 7.77. The van der Waals surface area contributed by atoms with Crippen LogP contribution in [0, 0.1) is 0 Å². The zero-order valence-electron chi connectivity index (χ0n) is 13.4. The van der Waals surface area contributed by atoms with Crippen molar-refractivity contribution in [3.05, 3.63) is 11.1 Å². The molecule has 0 amide bonds. The van der Waals surface area contributed by atoms with Crippen LogP contribution in [-0.4, -0.2) is 30.0 Å². The van der Waals surface area contributed by atoms with Crippen molar-refractivity contribution in [2.45, 2.75) is 59.3 Å². The fourth-order valence-electron chi connectivity index (χ4n) is 2.65. The number of hydrogen-bond acceptors (Lipinski definition) is 0. The molecule has 0 saturated heterocycles. The first-order chi connectivity index (χ1) is 9.43. The summed E-state index contributed by atoms with van der Waals surface area (Å²) in [4.78, 5) is 0. The average Bonchev–Trinajstić information content (AvgIpc) is 2.47. The van der Waals surface area contributed by atoms with Crippen LogP contribution < -0.4 is 0 Å². The molecule has 122 valence electrons. The van der Waals surface area contributed by atoms with Crippen molar-refractivity contribution < 1.29 is 0 Å². The molecule has 20 heavy (non-hydrogen) atoms. The van der Waals surface area contributed by atoms with E-state index in [2.05, 4.69) is 58.3 Å². The van der Waals surface area contributed by atoms with Crippen LogP contribution in [0.15, 0.2) is 11.1 Å². The Balaban J connectivity index is 5.16. The zero-order valence-corrected chi connectivity index (χ0v) is 18.3. The molecule has 0 heterocycles. The van der Waals surface area contributed by atoms with Gasteiger partial charge in [-0.05, 0) is 0 Å². The number of rotatable bonds is 12. The summed E-state index contributed by atoms with van der Waals surface area (Å²) in [6.45, 7) is 6.90. The van der Waals surface area contributed by atoms with E-state index in [9.17, 15) is 0 Å². The second-order valence-corrected chi connectivity index (χ2v) is 18.4. The molecule has 0 rings (SSSR count). The second-order valence-electron chi connectivity index (χ2n) is 6.02. The molecule has 0 aliphatic rings. The molecule has 0 bridgehead atoms. The number of halogens is 3. The van der Waals surface area contributed by atoms with Gasteiger partial charge in [-0.3, -0.25) is 0 Å². The van der Waals surface area contributed by atoms with Crippen LogP contribution >= 0.6 is 48.3 Å². The normalized spacial score (nSPS) is 15.1. The molecule has 0 nitrogen and oxygen atoms in total. The van der Waals surface area contributed by atoms with Crippen molar-refractivity contribution in [3.8, 4) is 0 Å². The monoisotopic (exact) mass is 448 g/mol. The van der Waals surface area contributed by atoms with E-state index in [1.165, 1.54) is 63.2 Å². The van der Waals surface area contributed by atoms with Gasteiger partial charge in [0.05, 0.1) is 0 Å². The molecule has 0 aliphatic heterocycles. The van der Waals surface area contributed by atoms with Gasteiger partial charge in [0.2, 0.25) is 0 Å². The van der Waals surface area contributed by atoms with Crippen molar-refractivity contribution in [1.29, 1.82) is 0 Å². The molecule has 0 fully saturated rings. The number of alkyl halides is 1. The first-order valence-electron chi connectivity index (χ1n) is 8.06. The number of allylic oxidation sites excluding steroid dienone is 2. The van der Waals surface area contributed by atoms with Gasteiger partial charge in [0, 0.05) is 0 Å². The van der Waals surface area contributed by atoms with Crippen LogP contribution in [-0.2, 0) is 0 Å². The first kappa shape index (κ1) is 21.4. The standard InChI is InChI=1S/C16H32Br2ClP/c1-4-7-11-20(18,12-8-5-2,13-9-6-3)14-10-16(19)15-17/h10H,4-9,11-15H2,1-3H3. The molecular formula is C16H32Br2ClP. The Labute approximate surface area is 148 Å². The fourth-order valence-corrected chi connectivity index (χ4v) is 11.0. The Hall–Kier alpha value is 1.42. The van der Waals surface area contributed by atoms with Crippen molar-refractivity contribution in [3.63, 3.8) is 0 Å². The number of unbranched alkanes of at least 4 members (excludes halogenated alkanes) is 3. The molecule has 0 spiro atoms. The third-order valence-electron chi connectivity index (χ3n) is 4.11. The molecule has 0 aromatic carbocycles. The Morgan fingerprint density at radius 1 is 0.950 bits per heavy atom. The van der Waals surface area contributed by atoms with Gasteiger partial charge in [0.25, 0.3) is 0 Å². The summed E-state index contributed by atoms with van der Waals surface area (Å²) in [5, 5.41) is -0.0495. The van der Waals surface area contributed by atoms with Gasteiger partial charge in [-0.1, -0.05) is 0 Å². The van der Waals surface area contributed by atoms with E-state index in [1.807, 2.05) is 0 Å². The minimum absolute atomic E-state index is 0.781. The molecule has 0 aromatic rings. The Kier molecular flexibility index (Phi) is 11.8. The van der Waals surface area contributed by atoms with E-state index in [-0.39, 0.29) is 0 Å². The minimum atomic E-state index is -1.79. The van der Waals surface area contributed by atoms with Crippen molar-refractivity contribution in [1.82, 2.24) is 0 Å². The third-order valence-corrected chi connectivity index (χ3v) is 14.8. The Morgan fingerprint density at radius 3 is 1.65 bits per heavy atom. The predicted molar refractivity (Wildman–Crippen MR) is 108 cm³/mol. The van der Waals surface area contributed by atoms with Gasteiger partial charge in [-0.2, -0.15) is 0 Å². The van der Waals surface area contributed by atoms with Crippen LogP contribution in [0.3, 0.4) is 0 Å². The average molecular weight is 451 g/mol. The molecule has 0 N–H and O–H groups in total. The summed E-state index contributed by atoms with van der Waals surface area (Å²) in [7, 11) is 0. The fraction of sp³-hybridized carbons (Fsp3) is 0.875. The third kappa shape index (κ3) is 8.16. The Morgan fingerprint density at radius 2 is 1.35 bits per heavy atom. The van der Waals surface area contributed by atoms with E-state index in [0.717, 1.165) is 10.4 Å². The van der Waals surface area contributed by atoms with Gasteiger partial charge in [-0.15, -0.1) is 0 Å². The van der Waals surface area contributed by atoms with Gasteiger partial charge in [-0.25, -0.2) is 0 Å². The van der Waals surface area contributed by atoms with Crippen LogP contribution in [0.25, 0.3) is 0 Å². The molecule has 0 radical (unpaired) electrons. The summed E-state index contributed by atoms with van der Waals surface area (Å²) in [6, 6.07) is 0. The van der Waals surface area contributed by atoms with E-state index < -0.39 is 5.31 Å². The molecule has 0 unspecified atom stereocenters. The number of hydrogen-bond donors (Lipinski definition) is 0. The van der Waals surface area contributed by atoms with E-state index in [0.29, 0.717) is 0 Å². The van der Waals surface area contributed by atoms with E-state index in [4.69, 9.17) is 11.6 Å². The second kappa shape index (κ2) is 11.0. The van der Waals surface area contributed by atoms with Gasteiger partial charge < -0.3 is 0 Å². The summed E-state index contributed by atoms with van der Waals surface area (Å²) in [5.74, 6) is 0. The zero-order chi connectivity index (χ0) is 15.5. The summed E-state index contributed by atoms with van der Waals surface area (Å²) in [5.41, 5.74) is 0. The quantitative estimate of drug-likeness (QED) is 0.210. The van der Waals surface area contributed by atoms with Crippen LogP contribution in [0.1, 0.15) is 59.3 Å². The van der Waals surface area contributed by atoms with Crippen molar-refractivity contribution in [2.75, 3.05) is 30.0 Å². The Bertz CT molecular complexity index is 268. The molecule has 4 heteroatoms. The maximum atomic E-state index is 6.25. The SMILES string of the molecule is CCCCP(Br)(CC=C(Cl)CBr)(CCCC)CCCC. The van der Waals surface area contributed by atoms with Crippen LogP contribution in [0.4, 0.5) is 0 Å². The molecule has 0 aromatic heterocycles. The maximum absolute atomic E-state index is 6.25.